The van der Waals surface area contributed by atoms with E-state index in [1.807, 2.05) is 7.05 Å². The van der Waals surface area contributed by atoms with E-state index in [1.54, 1.807) is 0 Å². The van der Waals surface area contributed by atoms with Gasteiger partial charge in [0.2, 0.25) is 0 Å². The fourth-order valence-electron chi connectivity index (χ4n) is 1.86. The summed E-state index contributed by atoms with van der Waals surface area (Å²) in [6, 6.07) is -1.92. The summed E-state index contributed by atoms with van der Waals surface area (Å²) >= 11 is 0. The first kappa shape index (κ1) is 15.2. The van der Waals surface area contributed by atoms with Crippen LogP contribution in [0.25, 0.3) is 0 Å². The van der Waals surface area contributed by atoms with Gasteiger partial charge in [-0.15, -0.1) is 0 Å². The summed E-state index contributed by atoms with van der Waals surface area (Å²) in [4.78, 5) is 36.9. The quantitative estimate of drug-likeness (QED) is 0.622. The van der Waals surface area contributed by atoms with Gasteiger partial charge in [-0.25, -0.2) is 9.59 Å². The molecule has 108 valence electrons. The number of aliphatic carboxylic acids is 2. The number of carboxylic acid groups (broad SMARTS) is 2. The number of nitrogens with one attached hydrogen (secondary N) is 1. The van der Waals surface area contributed by atoms with Gasteiger partial charge >= 0.3 is 18.0 Å². The molecule has 0 radical (unpaired) electrons. The lowest BCUT2D eigenvalue weighted by atomic mass is 10.2. The van der Waals surface area contributed by atoms with Gasteiger partial charge in [-0.2, -0.15) is 0 Å². The SMILES string of the molecule is CN1CCCN(C(=O)NC(CC(=O)O)C(=O)O)CC1. The monoisotopic (exact) mass is 273 g/mol. The van der Waals surface area contributed by atoms with Crippen molar-refractivity contribution in [2.24, 2.45) is 0 Å². The summed E-state index contributed by atoms with van der Waals surface area (Å²) in [6.45, 7) is 2.63. The molecule has 3 N–H and O–H groups in total. The van der Waals surface area contributed by atoms with Crippen LogP contribution in [-0.2, 0) is 9.59 Å². The summed E-state index contributed by atoms with van der Waals surface area (Å²) in [5, 5.41) is 19.7. The molecular weight excluding hydrogens is 254 g/mol. The van der Waals surface area contributed by atoms with Gasteiger partial charge in [0.15, 0.2) is 0 Å². The van der Waals surface area contributed by atoms with Crippen LogP contribution in [-0.4, -0.2) is 77.3 Å². The fourth-order valence-corrected chi connectivity index (χ4v) is 1.86. The van der Waals surface area contributed by atoms with Crippen LogP contribution >= 0.6 is 0 Å². The minimum Gasteiger partial charge on any atom is -0.481 e. The van der Waals surface area contributed by atoms with Gasteiger partial charge in [0.05, 0.1) is 6.42 Å². The summed E-state index contributed by atoms with van der Waals surface area (Å²) in [7, 11) is 1.95. The Bertz CT molecular complexity index is 360. The van der Waals surface area contributed by atoms with Gasteiger partial charge in [0, 0.05) is 19.6 Å². The van der Waals surface area contributed by atoms with Crippen LogP contribution < -0.4 is 5.32 Å². The molecule has 1 aliphatic rings. The zero-order valence-corrected chi connectivity index (χ0v) is 10.8. The highest BCUT2D eigenvalue weighted by atomic mass is 16.4. The molecule has 0 aromatic carbocycles. The molecule has 0 saturated carbocycles. The second kappa shape index (κ2) is 6.93. The van der Waals surface area contributed by atoms with E-state index in [-0.39, 0.29) is 0 Å². The summed E-state index contributed by atoms with van der Waals surface area (Å²) < 4.78 is 0. The van der Waals surface area contributed by atoms with Gasteiger partial charge in [-0.3, -0.25) is 4.79 Å². The standard InChI is InChI=1S/C11H19N3O5/c1-13-3-2-4-14(6-5-13)11(19)12-8(10(17)18)7-9(15)16/h8H,2-7H2,1H3,(H,12,19)(H,15,16)(H,17,18). The van der Waals surface area contributed by atoms with E-state index >= 15 is 0 Å². The first-order chi connectivity index (χ1) is 8.90. The predicted octanol–water partition coefficient (Wildman–Crippen LogP) is -0.739. The third kappa shape index (κ3) is 5.12. The largest absolute Gasteiger partial charge is 0.481 e. The normalized spacial score (nSPS) is 18.5. The van der Waals surface area contributed by atoms with Gasteiger partial charge in [-0.05, 0) is 20.0 Å². The minimum absolute atomic E-state index is 0.502. The van der Waals surface area contributed by atoms with Crippen molar-refractivity contribution >= 4 is 18.0 Å². The van der Waals surface area contributed by atoms with Crippen molar-refractivity contribution in [1.82, 2.24) is 15.1 Å². The second-order valence-electron chi connectivity index (χ2n) is 4.58. The third-order valence-electron chi connectivity index (χ3n) is 2.98. The van der Waals surface area contributed by atoms with E-state index in [0.29, 0.717) is 19.6 Å². The molecule has 1 saturated heterocycles. The average molecular weight is 273 g/mol. The number of hydrogen-bond donors (Lipinski definition) is 3. The van der Waals surface area contributed by atoms with Crippen LogP contribution in [0.2, 0.25) is 0 Å². The Kier molecular flexibility index (Phi) is 5.56. The molecule has 0 aliphatic carbocycles. The number of likely N-dealkylation sites (N-methyl/N-ethyl adjacent to an activating group) is 1. The molecule has 8 heteroatoms. The number of carbonyl (C=O) groups is 3. The molecule has 0 bridgehead atoms. The van der Waals surface area contributed by atoms with E-state index in [9.17, 15) is 14.4 Å². The van der Waals surface area contributed by atoms with E-state index in [0.717, 1.165) is 13.0 Å². The molecule has 8 nitrogen and oxygen atoms in total. The topological polar surface area (TPSA) is 110 Å². The number of carbonyl (C=O) groups excluding carboxylic acids is 1. The first-order valence-corrected chi connectivity index (χ1v) is 6.08. The van der Waals surface area contributed by atoms with Crippen molar-refractivity contribution in [2.75, 3.05) is 33.2 Å². The smallest absolute Gasteiger partial charge is 0.326 e. The maximum absolute atomic E-state index is 11.9. The third-order valence-corrected chi connectivity index (χ3v) is 2.98. The number of amides is 2. The van der Waals surface area contributed by atoms with Crippen LogP contribution in [0, 0.1) is 0 Å². The number of rotatable bonds is 4. The lowest BCUT2D eigenvalue weighted by Crippen LogP contribution is -2.49. The Labute approximate surface area is 111 Å². The van der Waals surface area contributed by atoms with Crippen LogP contribution in [0.4, 0.5) is 4.79 Å². The van der Waals surface area contributed by atoms with Crippen molar-refractivity contribution in [2.45, 2.75) is 18.9 Å². The fraction of sp³-hybridized carbons (Fsp3) is 0.727. The summed E-state index contributed by atoms with van der Waals surface area (Å²) in [5.74, 6) is -2.61. The van der Waals surface area contributed by atoms with Crippen LogP contribution in [0.1, 0.15) is 12.8 Å². The van der Waals surface area contributed by atoms with E-state index < -0.39 is 30.4 Å². The molecule has 2 amide bonds. The summed E-state index contributed by atoms with van der Waals surface area (Å²) in [6.07, 6.45) is 0.176. The summed E-state index contributed by atoms with van der Waals surface area (Å²) in [5.41, 5.74) is 0. The minimum atomic E-state index is -1.40. The molecule has 1 aliphatic heterocycles. The number of carboxylic acids is 2. The molecule has 1 atom stereocenters. The van der Waals surface area contributed by atoms with Crippen LogP contribution in [0.5, 0.6) is 0 Å². The molecule has 0 aromatic rings. The Morgan fingerprint density at radius 3 is 2.42 bits per heavy atom. The lowest BCUT2D eigenvalue weighted by molar-refractivity contribution is -0.145. The molecule has 1 rings (SSSR count). The number of hydrogen-bond acceptors (Lipinski definition) is 4. The van der Waals surface area contributed by atoms with E-state index in [4.69, 9.17) is 10.2 Å². The van der Waals surface area contributed by atoms with Crippen molar-refractivity contribution in [3.05, 3.63) is 0 Å². The molecule has 1 unspecified atom stereocenters. The van der Waals surface area contributed by atoms with Crippen molar-refractivity contribution < 1.29 is 24.6 Å². The van der Waals surface area contributed by atoms with Crippen molar-refractivity contribution in [1.29, 1.82) is 0 Å². The molecule has 0 aromatic heterocycles. The first-order valence-electron chi connectivity index (χ1n) is 6.08. The van der Waals surface area contributed by atoms with Gasteiger partial charge in [0.25, 0.3) is 0 Å². The van der Waals surface area contributed by atoms with Crippen molar-refractivity contribution in [3.8, 4) is 0 Å². The van der Waals surface area contributed by atoms with E-state index in [2.05, 4.69) is 10.2 Å². The Balaban J connectivity index is 2.55. The molecule has 19 heavy (non-hydrogen) atoms. The van der Waals surface area contributed by atoms with Gasteiger partial charge in [-0.1, -0.05) is 0 Å². The highest BCUT2D eigenvalue weighted by molar-refractivity contribution is 5.86. The maximum Gasteiger partial charge on any atom is 0.326 e. The zero-order valence-electron chi connectivity index (χ0n) is 10.8. The van der Waals surface area contributed by atoms with E-state index in [1.165, 1.54) is 4.90 Å². The highest BCUT2D eigenvalue weighted by Crippen LogP contribution is 2.03. The Morgan fingerprint density at radius 1 is 1.16 bits per heavy atom. The van der Waals surface area contributed by atoms with Crippen molar-refractivity contribution in [3.63, 3.8) is 0 Å². The predicted molar refractivity (Wildman–Crippen MR) is 65.9 cm³/mol. The molecule has 0 spiro atoms. The lowest BCUT2D eigenvalue weighted by Gasteiger charge is -2.23. The maximum atomic E-state index is 11.9. The van der Waals surface area contributed by atoms with Gasteiger partial charge in [0.1, 0.15) is 6.04 Å². The Hall–Kier alpha value is -1.83. The van der Waals surface area contributed by atoms with Crippen LogP contribution in [0.3, 0.4) is 0 Å². The second-order valence-corrected chi connectivity index (χ2v) is 4.58. The number of nitrogens with zero attached hydrogens (tertiary/aromatic N) is 2. The van der Waals surface area contributed by atoms with Crippen LogP contribution in [0.15, 0.2) is 0 Å². The number of urea groups is 1. The average Bonchev–Trinajstić information content (AvgIpc) is 2.52. The molecule has 1 fully saturated rings. The molecule has 1 heterocycles. The molecular formula is C11H19N3O5. The van der Waals surface area contributed by atoms with Gasteiger partial charge < -0.3 is 25.3 Å². The highest BCUT2D eigenvalue weighted by Gasteiger charge is 2.26. The Morgan fingerprint density at radius 2 is 1.84 bits per heavy atom. The zero-order chi connectivity index (χ0) is 14.4.